The predicted octanol–water partition coefficient (Wildman–Crippen LogP) is 5.20. The second-order valence-electron chi connectivity index (χ2n) is 4.08. The van der Waals surface area contributed by atoms with Crippen molar-refractivity contribution < 1.29 is 4.42 Å². The fourth-order valence-corrected chi connectivity index (χ4v) is 4.27. The average Bonchev–Trinajstić information content (AvgIpc) is 3.08. The third-order valence-electron chi connectivity index (χ3n) is 2.58. The maximum absolute atomic E-state index is 5.94. The van der Waals surface area contributed by atoms with Crippen molar-refractivity contribution in [2.24, 2.45) is 0 Å². The van der Waals surface area contributed by atoms with Crippen LogP contribution in [0.1, 0.15) is 5.89 Å². The van der Waals surface area contributed by atoms with Crippen molar-refractivity contribution in [3.05, 3.63) is 44.5 Å². The monoisotopic (exact) mass is 445 g/mol. The van der Waals surface area contributed by atoms with Gasteiger partial charge in [0.25, 0.3) is 5.89 Å². The van der Waals surface area contributed by atoms with Crippen molar-refractivity contribution in [2.75, 3.05) is 5.73 Å². The van der Waals surface area contributed by atoms with Crippen LogP contribution < -0.4 is 5.73 Å². The van der Waals surface area contributed by atoms with Crippen molar-refractivity contribution in [2.45, 2.75) is 10.6 Å². The summed E-state index contributed by atoms with van der Waals surface area (Å²) >= 11 is 9.99. The van der Waals surface area contributed by atoms with Crippen LogP contribution in [0.15, 0.2) is 47.9 Å². The largest absolute Gasteiger partial charge is 0.419 e. The number of hydrogen-bond donors (Lipinski definition) is 1. The molecule has 0 aliphatic rings. The number of nitrogens with two attached hydrogens (primary N) is 1. The lowest BCUT2D eigenvalue weighted by molar-refractivity contribution is 0.529. The molecule has 0 amide bonds. The first kappa shape index (κ1) is 15.1. The van der Waals surface area contributed by atoms with Gasteiger partial charge in [-0.2, -0.15) is 0 Å². The van der Waals surface area contributed by atoms with Gasteiger partial charge in [0.05, 0.1) is 14.4 Å². The van der Waals surface area contributed by atoms with Crippen LogP contribution in [0.5, 0.6) is 0 Å². The Kier molecular flexibility index (Phi) is 4.68. The highest BCUT2D eigenvalue weighted by Gasteiger charge is 2.11. The predicted molar refractivity (Wildman–Crippen MR) is 93.4 cm³/mol. The molecular weight excluding hydrogens is 438 g/mol. The first-order valence-electron chi connectivity index (χ1n) is 5.88. The zero-order valence-electron chi connectivity index (χ0n) is 10.5. The molecule has 0 saturated heterocycles. The topological polar surface area (TPSA) is 64.9 Å². The average molecular weight is 447 g/mol. The summed E-state index contributed by atoms with van der Waals surface area (Å²) in [6, 6.07) is 9.67. The minimum absolute atomic E-state index is 0.545. The van der Waals surface area contributed by atoms with Gasteiger partial charge in [0.2, 0.25) is 5.89 Å². The number of nitrogen functional groups attached to an aromatic ring is 1. The second kappa shape index (κ2) is 6.51. The molecule has 0 bridgehead atoms. The quantitative estimate of drug-likeness (QED) is 0.440. The fourth-order valence-electron chi connectivity index (χ4n) is 1.61. The van der Waals surface area contributed by atoms with Gasteiger partial charge >= 0.3 is 0 Å². The molecule has 0 atom stereocenters. The summed E-state index contributed by atoms with van der Waals surface area (Å²) in [5.74, 6) is 1.71. The Morgan fingerprint density at radius 3 is 2.81 bits per heavy atom. The minimum Gasteiger partial charge on any atom is -0.419 e. The lowest BCUT2D eigenvalue weighted by atomic mass is 10.3. The molecule has 0 unspecified atom stereocenters. The number of aromatic nitrogens is 2. The summed E-state index contributed by atoms with van der Waals surface area (Å²) in [6.07, 6.45) is 0. The molecule has 4 nitrogen and oxygen atoms in total. The highest BCUT2D eigenvalue weighted by molar-refractivity contribution is 9.11. The van der Waals surface area contributed by atoms with Crippen molar-refractivity contribution >= 4 is 60.6 Å². The van der Waals surface area contributed by atoms with E-state index in [2.05, 4.69) is 42.1 Å². The third kappa shape index (κ3) is 3.68. The molecular formula is C13H9Br2N3OS2. The molecule has 1 aromatic carbocycles. The van der Waals surface area contributed by atoms with Crippen LogP contribution >= 0.6 is 55.0 Å². The number of nitrogens with zero attached hydrogens (tertiary/aromatic N) is 2. The van der Waals surface area contributed by atoms with Crippen LogP contribution in [0.4, 0.5) is 5.69 Å². The normalized spacial score (nSPS) is 11.0. The van der Waals surface area contributed by atoms with Crippen LogP contribution in [-0.4, -0.2) is 10.2 Å². The summed E-state index contributed by atoms with van der Waals surface area (Å²) < 4.78 is 7.70. The molecule has 3 rings (SSSR count). The molecule has 0 saturated carbocycles. The zero-order chi connectivity index (χ0) is 14.8. The smallest absolute Gasteiger partial charge is 0.257 e. The van der Waals surface area contributed by atoms with E-state index in [9.17, 15) is 0 Å². The van der Waals surface area contributed by atoms with Crippen LogP contribution in [0, 0.1) is 0 Å². The molecule has 0 aliphatic heterocycles. The molecule has 0 fully saturated rings. The summed E-state index contributed by atoms with van der Waals surface area (Å²) in [5.41, 5.74) is 6.68. The number of rotatable bonds is 4. The zero-order valence-corrected chi connectivity index (χ0v) is 15.4. The van der Waals surface area contributed by atoms with Gasteiger partial charge in [-0.1, -0.05) is 15.9 Å². The van der Waals surface area contributed by atoms with E-state index in [1.54, 1.807) is 23.1 Å². The van der Waals surface area contributed by atoms with Gasteiger partial charge < -0.3 is 10.2 Å². The third-order valence-corrected chi connectivity index (χ3v) is 5.74. The van der Waals surface area contributed by atoms with E-state index >= 15 is 0 Å². The Hall–Kier alpha value is -0.830. The van der Waals surface area contributed by atoms with Gasteiger partial charge in [-0.05, 0) is 46.3 Å². The SMILES string of the molecule is Nc1ccc(Br)cc1SCc1nnc(-c2ccc(Br)s2)o1. The molecule has 21 heavy (non-hydrogen) atoms. The standard InChI is InChI=1S/C13H9Br2N3OS2/c14-7-1-2-8(16)10(5-7)20-6-12-17-18-13(19-12)9-3-4-11(15)21-9/h1-5H,6,16H2. The highest BCUT2D eigenvalue weighted by Crippen LogP contribution is 2.33. The fraction of sp³-hybridized carbons (Fsp3) is 0.0769. The van der Waals surface area contributed by atoms with E-state index in [0.717, 1.165) is 23.7 Å². The molecule has 3 aromatic rings. The van der Waals surface area contributed by atoms with Crippen LogP contribution in [0.25, 0.3) is 10.8 Å². The summed E-state index contributed by atoms with van der Waals surface area (Å²) in [5, 5.41) is 8.14. The first-order chi connectivity index (χ1) is 10.1. The Morgan fingerprint density at radius 2 is 2.05 bits per heavy atom. The molecule has 0 aliphatic carbocycles. The van der Waals surface area contributed by atoms with Gasteiger partial charge in [-0.15, -0.1) is 33.3 Å². The maximum atomic E-state index is 5.94. The maximum Gasteiger partial charge on any atom is 0.257 e. The van der Waals surface area contributed by atoms with E-state index < -0.39 is 0 Å². The lowest BCUT2D eigenvalue weighted by Gasteiger charge is -2.03. The van der Waals surface area contributed by atoms with Crippen molar-refractivity contribution in [3.63, 3.8) is 0 Å². The Labute approximate surface area is 146 Å². The van der Waals surface area contributed by atoms with Crippen LogP contribution in [0.2, 0.25) is 0 Å². The van der Waals surface area contributed by atoms with Gasteiger partial charge in [0.15, 0.2) is 0 Å². The first-order valence-corrected chi connectivity index (χ1v) is 9.26. The number of thiophene rings is 1. The Morgan fingerprint density at radius 1 is 1.19 bits per heavy atom. The molecule has 0 spiro atoms. The lowest BCUT2D eigenvalue weighted by Crippen LogP contribution is -1.89. The number of hydrogen-bond acceptors (Lipinski definition) is 6. The summed E-state index contributed by atoms with van der Waals surface area (Å²) in [7, 11) is 0. The molecule has 2 heterocycles. The van der Waals surface area contributed by atoms with E-state index in [0.29, 0.717) is 17.5 Å². The van der Waals surface area contributed by atoms with Gasteiger partial charge in [0, 0.05) is 15.1 Å². The molecule has 0 radical (unpaired) electrons. The van der Waals surface area contributed by atoms with E-state index in [4.69, 9.17) is 10.2 Å². The summed E-state index contributed by atoms with van der Waals surface area (Å²) in [6.45, 7) is 0. The molecule has 108 valence electrons. The number of anilines is 1. The van der Waals surface area contributed by atoms with Crippen molar-refractivity contribution in [1.82, 2.24) is 10.2 Å². The molecule has 2 N–H and O–H groups in total. The minimum atomic E-state index is 0.545. The van der Waals surface area contributed by atoms with Gasteiger partial charge in [0.1, 0.15) is 0 Å². The number of halogens is 2. The Balaban J connectivity index is 1.71. The van der Waals surface area contributed by atoms with Gasteiger partial charge in [-0.3, -0.25) is 0 Å². The van der Waals surface area contributed by atoms with Crippen molar-refractivity contribution in [1.29, 1.82) is 0 Å². The van der Waals surface area contributed by atoms with E-state index in [1.807, 2.05) is 30.3 Å². The van der Waals surface area contributed by atoms with Crippen molar-refractivity contribution in [3.8, 4) is 10.8 Å². The molecule has 8 heteroatoms. The Bertz CT molecular complexity index is 772. The van der Waals surface area contributed by atoms with Crippen LogP contribution in [0.3, 0.4) is 0 Å². The highest BCUT2D eigenvalue weighted by atomic mass is 79.9. The van der Waals surface area contributed by atoms with E-state index in [-0.39, 0.29) is 0 Å². The van der Waals surface area contributed by atoms with Crippen LogP contribution in [-0.2, 0) is 5.75 Å². The summed E-state index contributed by atoms with van der Waals surface area (Å²) in [4.78, 5) is 1.94. The second-order valence-corrected chi connectivity index (χ2v) is 8.47. The van der Waals surface area contributed by atoms with E-state index in [1.165, 1.54) is 0 Å². The van der Waals surface area contributed by atoms with Gasteiger partial charge in [-0.25, -0.2) is 0 Å². The number of thioether (sulfide) groups is 1. The molecule has 2 aromatic heterocycles. The number of benzene rings is 1.